The molecule has 0 fully saturated rings. The van der Waals surface area contributed by atoms with Gasteiger partial charge >= 0.3 is 5.97 Å². The van der Waals surface area contributed by atoms with Crippen LogP contribution < -0.4 is 9.76 Å². The number of rotatable bonds is 8. The fraction of sp³-hybridized carbons (Fsp3) is 0.364. The average Bonchev–Trinajstić information content (AvgIpc) is 3.18. The van der Waals surface area contributed by atoms with Crippen molar-refractivity contribution in [1.82, 2.24) is 10.1 Å². The minimum Gasteiger partial charge on any atom is -0.465 e. The third-order valence-electron chi connectivity index (χ3n) is 4.99. The van der Waals surface area contributed by atoms with E-state index in [4.69, 9.17) is 9.47 Å². The van der Waals surface area contributed by atoms with Gasteiger partial charge in [0.15, 0.2) is 0 Å². The van der Waals surface area contributed by atoms with Crippen molar-refractivity contribution in [2.24, 2.45) is 0 Å². The maximum atomic E-state index is 14.0. The lowest BCUT2D eigenvalue weighted by atomic mass is 10.1. The molecule has 0 saturated carbocycles. The number of carbonyl (C=O) groups excluding carboxylic acids is 2. The summed E-state index contributed by atoms with van der Waals surface area (Å²) in [6, 6.07) is 8.26. The Kier molecular flexibility index (Phi) is 6.84. The number of aromatic amines is 1. The second-order valence-corrected chi connectivity index (χ2v) is 9.78. The smallest absolute Gasteiger partial charge is 0.323 e. The Labute approximate surface area is 182 Å². The van der Waals surface area contributed by atoms with Gasteiger partial charge in [0.1, 0.15) is 12.4 Å². The molecule has 1 aliphatic rings. The van der Waals surface area contributed by atoms with Crippen LogP contribution in [0.2, 0.25) is 0 Å². The molecular formula is C22H28N3O5P. The van der Waals surface area contributed by atoms with Gasteiger partial charge in [-0.25, -0.2) is 9.76 Å². The number of methoxy groups -OCH3 is 1. The summed E-state index contributed by atoms with van der Waals surface area (Å²) >= 11 is 0. The van der Waals surface area contributed by atoms with E-state index in [0.29, 0.717) is 16.8 Å². The quantitative estimate of drug-likeness (QED) is 0.364. The first-order chi connectivity index (χ1) is 14.7. The highest BCUT2D eigenvalue weighted by molar-refractivity contribution is 7.64. The average molecular weight is 445 g/mol. The minimum atomic E-state index is -3.68. The summed E-state index contributed by atoms with van der Waals surface area (Å²) in [7, 11) is -2.28. The van der Waals surface area contributed by atoms with E-state index in [1.54, 1.807) is 32.1 Å². The zero-order valence-corrected chi connectivity index (χ0v) is 19.3. The molecule has 9 heteroatoms. The number of benzene rings is 1. The summed E-state index contributed by atoms with van der Waals surface area (Å²) in [5.74, 6) is -0.969. The van der Waals surface area contributed by atoms with Gasteiger partial charge in [0.2, 0.25) is 0 Å². The van der Waals surface area contributed by atoms with Crippen LogP contribution in [0, 0.1) is 13.8 Å². The van der Waals surface area contributed by atoms with Crippen molar-refractivity contribution in [2.75, 3.05) is 24.7 Å². The van der Waals surface area contributed by atoms with E-state index in [-0.39, 0.29) is 13.0 Å². The van der Waals surface area contributed by atoms with Crippen LogP contribution in [0.25, 0.3) is 11.6 Å². The highest BCUT2D eigenvalue weighted by atomic mass is 31.2. The van der Waals surface area contributed by atoms with E-state index >= 15 is 0 Å². The number of amides is 1. The van der Waals surface area contributed by atoms with Crippen molar-refractivity contribution in [3.63, 3.8) is 0 Å². The number of hydrogen-bond acceptors (Lipinski definition) is 5. The van der Waals surface area contributed by atoms with E-state index in [1.807, 2.05) is 32.0 Å². The number of para-hydroxylation sites is 1. The van der Waals surface area contributed by atoms with Gasteiger partial charge in [0.25, 0.3) is 13.4 Å². The molecule has 31 heavy (non-hydrogen) atoms. The van der Waals surface area contributed by atoms with Crippen molar-refractivity contribution < 1.29 is 23.6 Å². The molecule has 1 aliphatic heterocycles. The number of aromatic nitrogens is 1. The molecule has 2 heterocycles. The van der Waals surface area contributed by atoms with Crippen molar-refractivity contribution in [3.05, 3.63) is 52.8 Å². The Morgan fingerprint density at radius 3 is 2.65 bits per heavy atom. The van der Waals surface area contributed by atoms with Crippen LogP contribution in [0.15, 0.2) is 30.3 Å². The van der Waals surface area contributed by atoms with Crippen molar-refractivity contribution in [3.8, 4) is 0 Å². The summed E-state index contributed by atoms with van der Waals surface area (Å²) in [5.41, 5.74) is 4.39. The summed E-state index contributed by atoms with van der Waals surface area (Å²) in [6.07, 6.45) is 1.51. The van der Waals surface area contributed by atoms with E-state index in [0.717, 1.165) is 17.0 Å². The molecule has 1 aromatic carbocycles. The van der Waals surface area contributed by atoms with E-state index in [9.17, 15) is 14.2 Å². The van der Waals surface area contributed by atoms with Gasteiger partial charge in [0.05, 0.1) is 17.9 Å². The molecule has 0 bridgehead atoms. The van der Waals surface area contributed by atoms with Gasteiger partial charge in [-0.1, -0.05) is 18.2 Å². The normalized spacial score (nSPS) is 17.5. The predicted molar refractivity (Wildman–Crippen MR) is 121 cm³/mol. The van der Waals surface area contributed by atoms with Crippen LogP contribution in [0.5, 0.6) is 0 Å². The first-order valence-corrected chi connectivity index (χ1v) is 11.9. The van der Waals surface area contributed by atoms with Gasteiger partial charge in [0, 0.05) is 24.1 Å². The van der Waals surface area contributed by atoms with Crippen LogP contribution in [-0.2, 0) is 23.6 Å². The molecular weight excluding hydrogens is 417 g/mol. The predicted octanol–water partition coefficient (Wildman–Crippen LogP) is 3.86. The van der Waals surface area contributed by atoms with Gasteiger partial charge in [-0.2, -0.15) is 0 Å². The second-order valence-electron chi connectivity index (χ2n) is 7.46. The van der Waals surface area contributed by atoms with Crippen molar-refractivity contribution in [1.29, 1.82) is 0 Å². The third-order valence-corrected chi connectivity index (χ3v) is 7.43. The summed E-state index contributed by atoms with van der Waals surface area (Å²) in [4.78, 5) is 28.9. The molecule has 8 nitrogen and oxygen atoms in total. The minimum absolute atomic E-state index is 0.201. The largest absolute Gasteiger partial charge is 0.465 e. The first kappa shape index (κ1) is 23.0. The molecule has 166 valence electrons. The van der Waals surface area contributed by atoms with Gasteiger partial charge in [-0.15, -0.1) is 0 Å². The molecule has 0 saturated heterocycles. The molecule has 2 aromatic rings. The lowest BCUT2D eigenvalue weighted by Gasteiger charge is -2.30. The SMILES string of the molecule is CCOC(=O)[C@H](C)NP(=O)(COC)N1C(=O)/C(=C\c2[nH]c(C)cc2C)c2ccccc21. The number of nitrogens with zero attached hydrogens (tertiary/aromatic N) is 1. The Morgan fingerprint density at radius 1 is 1.32 bits per heavy atom. The van der Waals surface area contributed by atoms with Crippen LogP contribution >= 0.6 is 7.44 Å². The number of esters is 1. The van der Waals surface area contributed by atoms with Crippen LogP contribution in [0.3, 0.4) is 0 Å². The lowest BCUT2D eigenvalue weighted by Crippen LogP contribution is -2.40. The number of ether oxygens (including phenoxy) is 2. The fourth-order valence-corrected chi connectivity index (χ4v) is 5.97. The molecule has 3 rings (SSSR count). The highest BCUT2D eigenvalue weighted by Gasteiger charge is 2.45. The third kappa shape index (κ3) is 4.51. The topological polar surface area (TPSA) is 101 Å². The van der Waals surface area contributed by atoms with Gasteiger partial charge < -0.3 is 14.5 Å². The second kappa shape index (κ2) is 9.22. The number of aryl methyl sites for hydroxylation is 2. The maximum Gasteiger partial charge on any atom is 0.323 e. The Hall–Kier alpha value is -2.67. The van der Waals surface area contributed by atoms with Crippen molar-refractivity contribution in [2.45, 2.75) is 33.7 Å². The Morgan fingerprint density at radius 2 is 2.03 bits per heavy atom. The monoisotopic (exact) mass is 445 g/mol. The van der Waals surface area contributed by atoms with E-state index in [1.165, 1.54) is 11.8 Å². The number of H-pyrrole nitrogens is 1. The first-order valence-electron chi connectivity index (χ1n) is 10.1. The van der Waals surface area contributed by atoms with Crippen LogP contribution in [0.1, 0.15) is 36.4 Å². The molecule has 1 aromatic heterocycles. The fourth-order valence-electron chi connectivity index (χ4n) is 3.68. The molecule has 1 unspecified atom stereocenters. The standard InChI is InChI=1S/C22H28N3O5P/c1-6-30-22(27)16(4)24-31(28,13-29-5)25-20-10-8-7-9-17(20)18(21(25)26)12-19-14(2)11-15(3)23-19/h7-12,16,23H,6,13H2,1-5H3,(H,24,28)/b18-12-/t16-,31?/m0/s1. The van der Waals surface area contributed by atoms with Crippen LogP contribution in [0.4, 0.5) is 5.69 Å². The molecule has 0 aliphatic carbocycles. The zero-order valence-electron chi connectivity index (χ0n) is 18.4. The number of nitrogens with one attached hydrogen (secondary N) is 2. The molecule has 2 N–H and O–H groups in total. The number of fused-ring (bicyclic) bond motifs is 1. The number of hydrogen-bond donors (Lipinski definition) is 2. The molecule has 1 amide bonds. The molecule has 0 spiro atoms. The number of anilines is 1. The van der Waals surface area contributed by atoms with Gasteiger partial charge in [-0.3, -0.25) is 14.2 Å². The van der Waals surface area contributed by atoms with Gasteiger partial charge in [-0.05, 0) is 51.5 Å². The summed E-state index contributed by atoms with van der Waals surface area (Å²) in [6.45, 7) is 7.35. The molecule has 2 atom stereocenters. The molecule has 0 radical (unpaired) electrons. The highest BCUT2D eigenvalue weighted by Crippen LogP contribution is 2.55. The van der Waals surface area contributed by atoms with E-state index < -0.39 is 25.4 Å². The van der Waals surface area contributed by atoms with E-state index in [2.05, 4.69) is 10.1 Å². The summed E-state index contributed by atoms with van der Waals surface area (Å²) in [5, 5.41) is 2.82. The van der Waals surface area contributed by atoms with Crippen LogP contribution in [-0.4, -0.2) is 43.0 Å². The van der Waals surface area contributed by atoms with Crippen molar-refractivity contribution >= 4 is 36.7 Å². The summed E-state index contributed by atoms with van der Waals surface area (Å²) < 4.78 is 25.5. The Balaban J connectivity index is 2.07. The Bertz CT molecular complexity index is 1070. The number of carbonyl (C=O) groups is 2. The lowest BCUT2D eigenvalue weighted by molar-refractivity contribution is -0.144. The maximum absolute atomic E-state index is 14.0. The zero-order chi connectivity index (χ0) is 22.8.